The molecule has 2 saturated heterocycles. The second-order valence-corrected chi connectivity index (χ2v) is 7.25. The van der Waals surface area contributed by atoms with Crippen molar-refractivity contribution in [2.24, 2.45) is 11.8 Å². The molecule has 2 heterocycles. The number of hydrogen-bond acceptors (Lipinski definition) is 3. The summed E-state index contributed by atoms with van der Waals surface area (Å²) < 4.78 is 0. The molecule has 22 heavy (non-hydrogen) atoms. The van der Waals surface area contributed by atoms with Crippen molar-refractivity contribution in [3.05, 3.63) is 34.9 Å². The van der Waals surface area contributed by atoms with Gasteiger partial charge in [0.15, 0.2) is 0 Å². The zero-order chi connectivity index (χ0) is 15.1. The van der Waals surface area contributed by atoms with Crippen LogP contribution in [-0.2, 0) is 4.79 Å². The minimum Gasteiger partial charge on any atom is -0.342 e. The number of amides is 1. The van der Waals surface area contributed by atoms with Crippen LogP contribution in [0.3, 0.4) is 0 Å². The van der Waals surface area contributed by atoms with Crippen LogP contribution in [-0.4, -0.2) is 36.5 Å². The number of nitrogens with one attached hydrogen (secondary N) is 2. The third kappa shape index (κ3) is 2.75. The second kappa shape index (κ2) is 5.84. The van der Waals surface area contributed by atoms with Crippen LogP contribution in [0.2, 0.25) is 5.02 Å². The van der Waals surface area contributed by atoms with E-state index >= 15 is 0 Å². The van der Waals surface area contributed by atoms with E-state index in [1.165, 1.54) is 18.4 Å². The molecule has 4 rings (SSSR count). The molecule has 0 aromatic heterocycles. The summed E-state index contributed by atoms with van der Waals surface area (Å²) in [5.41, 5.74) is 7.79. The van der Waals surface area contributed by atoms with Crippen molar-refractivity contribution in [3.63, 3.8) is 0 Å². The standard InChI is InChI=1S/C17H22ClN3O/c18-14-5-3-11(4-6-14)13-7-8-21(10-13)17(22)15-9-19-20-16(15)12-1-2-12/h3-6,12-13,15-16,19-20H,1-2,7-10H2. The van der Waals surface area contributed by atoms with Crippen molar-refractivity contribution in [1.82, 2.24) is 15.8 Å². The highest BCUT2D eigenvalue weighted by Gasteiger charge is 2.44. The normalized spacial score (nSPS) is 31.7. The molecule has 1 aromatic carbocycles. The molecule has 3 aliphatic rings. The molecule has 1 aliphatic carbocycles. The van der Waals surface area contributed by atoms with Crippen LogP contribution in [0.1, 0.15) is 30.7 Å². The number of carbonyl (C=O) groups is 1. The van der Waals surface area contributed by atoms with Gasteiger partial charge < -0.3 is 4.90 Å². The number of hydrogen-bond donors (Lipinski definition) is 2. The average Bonchev–Trinajstić information content (AvgIpc) is 3.07. The van der Waals surface area contributed by atoms with Gasteiger partial charge in [0.05, 0.1) is 5.92 Å². The summed E-state index contributed by atoms with van der Waals surface area (Å²) in [7, 11) is 0. The summed E-state index contributed by atoms with van der Waals surface area (Å²) in [6.07, 6.45) is 3.57. The summed E-state index contributed by atoms with van der Waals surface area (Å²) >= 11 is 5.96. The van der Waals surface area contributed by atoms with Crippen LogP contribution in [0.4, 0.5) is 0 Å². The Morgan fingerprint density at radius 1 is 1.18 bits per heavy atom. The van der Waals surface area contributed by atoms with Crippen LogP contribution in [0.5, 0.6) is 0 Å². The van der Waals surface area contributed by atoms with Crippen molar-refractivity contribution in [1.29, 1.82) is 0 Å². The first-order chi connectivity index (χ1) is 10.7. The van der Waals surface area contributed by atoms with Gasteiger partial charge in [0, 0.05) is 36.6 Å². The molecule has 3 unspecified atom stereocenters. The lowest BCUT2D eigenvalue weighted by Crippen LogP contribution is -2.42. The molecule has 0 bridgehead atoms. The topological polar surface area (TPSA) is 44.4 Å². The van der Waals surface area contributed by atoms with Crippen LogP contribution in [0, 0.1) is 11.8 Å². The Labute approximate surface area is 136 Å². The number of benzene rings is 1. The summed E-state index contributed by atoms with van der Waals surface area (Å²) in [5, 5.41) is 0.769. The summed E-state index contributed by atoms with van der Waals surface area (Å²) in [5.74, 6) is 1.57. The molecule has 3 atom stereocenters. The van der Waals surface area contributed by atoms with Crippen LogP contribution < -0.4 is 10.9 Å². The molecule has 1 aromatic rings. The lowest BCUT2D eigenvalue weighted by Gasteiger charge is -2.24. The Bertz CT molecular complexity index is 558. The Morgan fingerprint density at radius 2 is 1.95 bits per heavy atom. The number of nitrogens with zero attached hydrogens (tertiary/aromatic N) is 1. The number of halogens is 1. The first-order valence-corrected chi connectivity index (χ1v) is 8.63. The maximum absolute atomic E-state index is 12.8. The van der Waals surface area contributed by atoms with Crippen molar-refractivity contribution >= 4 is 17.5 Å². The van der Waals surface area contributed by atoms with Crippen LogP contribution >= 0.6 is 11.6 Å². The minimum atomic E-state index is 0.108. The summed E-state index contributed by atoms with van der Waals surface area (Å²) in [6, 6.07) is 8.39. The third-order valence-electron chi connectivity index (χ3n) is 5.31. The van der Waals surface area contributed by atoms with Gasteiger partial charge in [-0.05, 0) is 42.9 Å². The van der Waals surface area contributed by atoms with Crippen LogP contribution in [0.15, 0.2) is 24.3 Å². The Morgan fingerprint density at radius 3 is 2.68 bits per heavy atom. The fraction of sp³-hybridized carbons (Fsp3) is 0.588. The average molecular weight is 320 g/mol. The largest absolute Gasteiger partial charge is 0.342 e. The first kappa shape index (κ1) is 14.5. The Hall–Kier alpha value is -1.10. The zero-order valence-electron chi connectivity index (χ0n) is 12.6. The van der Waals surface area contributed by atoms with E-state index in [0.717, 1.165) is 31.1 Å². The molecule has 1 amide bonds. The van der Waals surface area contributed by atoms with E-state index in [9.17, 15) is 4.79 Å². The van der Waals surface area contributed by atoms with Gasteiger partial charge >= 0.3 is 0 Å². The minimum absolute atomic E-state index is 0.108. The fourth-order valence-electron chi connectivity index (χ4n) is 3.86. The van der Waals surface area contributed by atoms with Crippen molar-refractivity contribution < 1.29 is 4.79 Å². The van der Waals surface area contributed by atoms with E-state index in [4.69, 9.17) is 11.6 Å². The van der Waals surface area contributed by atoms with Gasteiger partial charge in [-0.25, -0.2) is 0 Å². The van der Waals surface area contributed by atoms with Crippen molar-refractivity contribution in [3.8, 4) is 0 Å². The molecule has 2 aliphatic heterocycles. The molecular weight excluding hydrogens is 298 g/mol. The van der Waals surface area contributed by atoms with Gasteiger partial charge in [0.2, 0.25) is 5.91 Å². The molecule has 118 valence electrons. The van der Waals surface area contributed by atoms with E-state index < -0.39 is 0 Å². The second-order valence-electron chi connectivity index (χ2n) is 6.82. The highest BCUT2D eigenvalue weighted by molar-refractivity contribution is 6.30. The van der Waals surface area contributed by atoms with E-state index in [1.807, 2.05) is 12.1 Å². The summed E-state index contributed by atoms with van der Waals surface area (Å²) in [4.78, 5) is 14.9. The monoisotopic (exact) mass is 319 g/mol. The first-order valence-electron chi connectivity index (χ1n) is 8.25. The number of rotatable bonds is 3. The van der Waals surface area contributed by atoms with E-state index in [0.29, 0.717) is 23.8 Å². The maximum atomic E-state index is 12.8. The quantitative estimate of drug-likeness (QED) is 0.897. The zero-order valence-corrected chi connectivity index (χ0v) is 13.4. The van der Waals surface area contributed by atoms with Crippen LogP contribution in [0.25, 0.3) is 0 Å². The van der Waals surface area contributed by atoms with Gasteiger partial charge in [-0.1, -0.05) is 23.7 Å². The highest BCUT2D eigenvalue weighted by atomic mass is 35.5. The molecule has 0 radical (unpaired) electrons. The number of carbonyl (C=O) groups excluding carboxylic acids is 1. The molecule has 2 N–H and O–H groups in total. The highest BCUT2D eigenvalue weighted by Crippen LogP contribution is 2.38. The van der Waals surface area contributed by atoms with Gasteiger partial charge in [0.1, 0.15) is 0 Å². The van der Waals surface area contributed by atoms with Gasteiger partial charge in [-0.2, -0.15) is 0 Å². The predicted octanol–water partition coefficient (Wildman–Crippen LogP) is 2.16. The molecule has 4 nitrogen and oxygen atoms in total. The van der Waals surface area contributed by atoms with Gasteiger partial charge in [-0.3, -0.25) is 15.6 Å². The smallest absolute Gasteiger partial charge is 0.228 e. The SMILES string of the molecule is O=C(C1CNNC1C1CC1)N1CCC(c2ccc(Cl)cc2)C1. The maximum Gasteiger partial charge on any atom is 0.228 e. The molecule has 1 saturated carbocycles. The Kier molecular flexibility index (Phi) is 3.84. The molecule has 5 heteroatoms. The van der Waals surface area contributed by atoms with Gasteiger partial charge in [-0.15, -0.1) is 0 Å². The van der Waals surface area contributed by atoms with Gasteiger partial charge in [0.25, 0.3) is 0 Å². The van der Waals surface area contributed by atoms with E-state index in [1.54, 1.807) is 0 Å². The predicted molar refractivity (Wildman–Crippen MR) is 86.5 cm³/mol. The van der Waals surface area contributed by atoms with Crippen molar-refractivity contribution in [2.45, 2.75) is 31.2 Å². The molecule has 3 fully saturated rings. The van der Waals surface area contributed by atoms with E-state index in [-0.39, 0.29) is 5.92 Å². The lowest BCUT2D eigenvalue weighted by molar-refractivity contribution is -0.134. The number of likely N-dealkylation sites (tertiary alicyclic amines) is 1. The Balaban J connectivity index is 1.41. The molecular formula is C17H22ClN3O. The number of hydrazine groups is 1. The lowest BCUT2D eigenvalue weighted by atomic mass is 9.96. The van der Waals surface area contributed by atoms with E-state index in [2.05, 4.69) is 27.9 Å². The fourth-order valence-corrected chi connectivity index (χ4v) is 3.98. The van der Waals surface area contributed by atoms with Crippen molar-refractivity contribution in [2.75, 3.05) is 19.6 Å². The molecule has 0 spiro atoms. The summed E-state index contributed by atoms with van der Waals surface area (Å²) in [6.45, 7) is 2.48. The third-order valence-corrected chi connectivity index (χ3v) is 5.56.